The lowest BCUT2D eigenvalue weighted by Crippen LogP contribution is -2.19. The molecule has 106 valence electrons. The number of sulfonamides is 1. The summed E-state index contributed by atoms with van der Waals surface area (Å²) in [4.78, 5) is 10.9. The molecule has 1 aromatic heterocycles. The van der Waals surface area contributed by atoms with Gasteiger partial charge in [-0.2, -0.15) is 5.10 Å². The highest BCUT2D eigenvalue weighted by Crippen LogP contribution is 2.26. The lowest BCUT2D eigenvalue weighted by atomic mass is 10.1. The van der Waals surface area contributed by atoms with Crippen LogP contribution in [-0.2, 0) is 10.0 Å². The second kappa shape index (κ2) is 4.97. The fraction of sp³-hybridized carbons (Fsp3) is 0.167. The summed E-state index contributed by atoms with van der Waals surface area (Å²) in [7, 11) is -3.87. The van der Waals surface area contributed by atoms with Crippen molar-refractivity contribution in [1.82, 2.24) is 10.2 Å². The molecule has 0 saturated heterocycles. The monoisotopic (exact) mass is 294 g/mol. The number of rotatable bonds is 3. The van der Waals surface area contributed by atoms with Crippen molar-refractivity contribution in [2.24, 2.45) is 0 Å². The van der Waals surface area contributed by atoms with Gasteiger partial charge in [0.05, 0.1) is 5.69 Å². The average Bonchev–Trinajstić information content (AvgIpc) is 2.37. The molecular formula is C12H14N4O3S. The third kappa shape index (κ3) is 2.64. The standard InChI is InChI=1S/C12H14N4O3S/c1-7-3-4-9(13)12(8(7)2)20(18,19)16-10-5-6-11(17)15-14-10/h3-6H,13H2,1-2H3,(H,14,16)(H,15,17). The second-order valence-electron chi connectivity index (χ2n) is 4.34. The fourth-order valence-electron chi connectivity index (χ4n) is 1.76. The molecule has 0 aliphatic rings. The van der Waals surface area contributed by atoms with Crippen LogP contribution in [-0.4, -0.2) is 18.6 Å². The summed E-state index contributed by atoms with van der Waals surface area (Å²) in [5.74, 6) is 0.0184. The summed E-state index contributed by atoms with van der Waals surface area (Å²) in [6.45, 7) is 3.48. The third-order valence-corrected chi connectivity index (χ3v) is 4.45. The normalized spacial score (nSPS) is 11.3. The van der Waals surface area contributed by atoms with E-state index in [1.165, 1.54) is 18.2 Å². The minimum absolute atomic E-state index is 0.0184. The van der Waals surface area contributed by atoms with Crippen molar-refractivity contribution in [3.8, 4) is 0 Å². The van der Waals surface area contributed by atoms with Crippen LogP contribution in [0.4, 0.5) is 11.5 Å². The molecule has 2 rings (SSSR count). The summed E-state index contributed by atoms with van der Waals surface area (Å²) < 4.78 is 27.0. The molecule has 7 nitrogen and oxygen atoms in total. The van der Waals surface area contributed by atoms with Crippen LogP contribution in [0, 0.1) is 13.8 Å². The summed E-state index contributed by atoms with van der Waals surface area (Å²) in [5.41, 5.74) is 6.88. The van der Waals surface area contributed by atoms with Gasteiger partial charge in [0, 0.05) is 6.07 Å². The van der Waals surface area contributed by atoms with E-state index in [0.717, 1.165) is 5.56 Å². The van der Waals surface area contributed by atoms with Crippen molar-refractivity contribution in [2.75, 3.05) is 10.5 Å². The van der Waals surface area contributed by atoms with Gasteiger partial charge in [0.15, 0.2) is 5.82 Å². The molecule has 0 unspecified atom stereocenters. The maximum Gasteiger partial charge on any atom is 0.265 e. The van der Waals surface area contributed by atoms with Crippen molar-refractivity contribution < 1.29 is 8.42 Å². The summed E-state index contributed by atoms with van der Waals surface area (Å²) in [6, 6.07) is 5.74. The number of nitrogens with two attached hydrogens (primary N) is 1. The topological polar surface area (TPSA) is 118 Å². The number of anilines is 2. The minimum atomic E-state index is -3.87. The van der Waals surface area contributed by atoms with Gasteiger partial charge in [0.1, 0.15) is 4.90 Å². The van der Waals surface area contributed by atoms with Gasteiger partial charge in [-0.25, -0.2) is 13.5 Å². The Balaban J connectivity index is 2.48. The summed E-state index contributed by atoms with van der Waals surface area (Å²) in [6.07, 6.45) is 0. The molecule has 0 fully saturated rings. The number of nitrogens with zero attached hydrogens (tertiary/aromatic N) is 1. The number of hydrogen-bond donors (Lipinski definition) is 3. The van der Waals surface area contributed by atoms with Gasteiger partial charge in [-0.15, -0.1) is 0 Å². The van der Waals surface area contributed by atoms with Crippen LogP contribution in [0.5, 0.6) is 0 Å². The zero-order valence-corrected chi connectivity index (χ0v) is 11.8. The Hall–Kier alpha value is -2.35. The molecule has 0 aliphatic carbocycles. The van der Waals surface area contributed by atoms with Gasteiger partial charge >= 0.3 is 0 Å². The fourth-order valence-corrected chi connectivity index (χ4v) is 3.19. The van der Waals surface area contributed by atoms with E-state index in [1.54, 1.807) is 19.9 Å². The van der Waals surface area contributed by atoms with Crippen molar-refractivity contribution in [3.63, 3.8) is 0 Å². The Labute approximate surface area is 115 Å². The largest absolute Gasteiger partial charge is 0.398 e. The molecule has 20 heavy (non-hydrogen) atoms. The van der Waals surface area contributed by atoms with Crippen LogP contribution in [0.3, 0.4) is 0 Å². The van der Waals surface area contributed by atoms with Gasteiger partial charge in [-0.05, 0) is 37.1 Å². The van der Waals surface area contributed by atoms with E-state index in [-0.39, 0.29) is 16.4 Å². The molecule has 0 aliphatic heterocycles. The molecule has 8 heteroatoms. The SMILES string of the molecule is Cc1ccc(N)c(S(=O)(=O)Nc2ccc(=O)[nH]n2)c1C. The van der Waals surface area contributed by atoms with Gasteiger partial charge in [-0.1, -0.05) is 6.07 Å². The van der Waals surface area contributed by atoms with Crippen LogP contribution in [0.25, 0.3) is 0 Å². The van der Waals surface area contributed by atoms with Crippen LogP contribution < -0.4 is 16.0 Å². The smallest absolute Gasteiger partial charge is 0.265 e. The highest BCUT2D eigenvalue weighted by Gasteiger charge is 2.21. The zero-order valence-electron chi connectivity index (χ0n) is 11.0. The number of hydrogen-bond acceptors (Lipinski definition) is 5. The van der Waals surface area contributed by atoms with E-state index in [2.05, 4.69) is 14.9 Å². The Kier molecular flexibility index (Phi) is 3.49. The third-order valence-electron chi connectivity index (χ3n) is 2.89. The number of H-pyrrole nitrogens is 1. The van der Waals surface area contributed by atoms with Gasteiger partial charge < -0.3 is 5.73 Å². The number of aromatic amines is 1. The molecule has 0 spiro atoms. The quantitative estimate of drug-likeness (QED) is 0.723. The van der Waals surface area contributed by atoms with Crippen LogP contribution in [0.15, 0.2) is 34.0 Å². The van der Waals surface area contributed by atoms with Crippen LogP contribution in [0.2, 0.25) is 0 Å². The van der Waals surface area contributed by atoms with E-state index in [0.29, 0.717) is 5.56 Å². The van der Waals surface area contributed by atoms with Gasteiger partial charge in [0.2, 0.25) is 0 Å². The van der Waals surface area contributed by atoms with E-state index >= 15 is 0 Å². The first-order valence-electron chi connectivity index (χ1n) is 5.75. The molecule has 4 N–H and O–H groups in total. The number of aryl methyl sites for hydroxylation is 1. The Morgan fingerprint density at radius 2 is 1.90 bits per heavy atom. The maximum atomic E-state index is 12.4. The molecule has 0 radical (unpaired) electrons. The first-order chi connectivity index (χ1) is 9.31. The molecule has 0 atom stereocenters. The number of benzene rings is 1. The Morgan fingerprint density at radius 1 is 1.20 bits per heavy atom. The van der Waals surface area contributed by atoms with Crippen molar-refractivity contribution in [2.45, 2.75) is 18.7 Å². The Morgan fingerprint density at radius 3 is 2.50 bits per heavy atom. The number of nitrogens with one attached hydrogen (secondary N) is 2. The molecule has 1 aromatic carbocycles. The predicted octanol–water partition coefficient (Wildman–Crippen LogP) is 0.770. The minimum Gasteiger partial charge on any atom is -0.398 e. The van der Waals surface area contributed by atoms with E-state index in [4.69, 9.17) is 5.73 Å². The highest BCUT2D eigenvalue weighted by molar-refractivity contribution is 7.93. The van der Waals surface area contributed by atoms with E-state index in [9.17, 15) is 13.2 Å². The lowest BCUT2D eigenvalue weighted by molar-refractivity contribution is 0.600. The summed E-state index contributed by atoms with van der Waals surface area (Å²) >= 11 is 0. The molecule has 0 bridgehead atoms. The van der Waals surface area contributed by atoms with E-state index < -0.39 is 15.6 Å². The molecule has 0 amide bonds. The number of aromatic nitrogens is 2. The van der Waals surface area contributed by atoms with Gasteiger partial charge in [-0.3, -0.25) is 9.52 Å². The molecular weight excluding hydrogens is 280 g/mol. The predicted molar refractivity (Wildman–Crippen MR) is 76.0 cm³/mol. The first-order valence-corrected chi connectivity index (χ1v) is 7.24. The zero-order chi connectivity index (χ0) is 14.9. The molecule has 2 aromatic rings. The second-order valence-corrected chi connectivity index (χ2v) is 5.96. The average molecular weight is 294 g/mol. The lowest BCUT2D eigenvalue weighted by Gasteiger charge is -2.13. The Bertz CT molecular complexity index is 791. The van der Waals surface area contributed by atoms with Crippen molar-refractivity contribution in [1.29, 1.82) is 0 Å². The molecule has 0 saturated carbocycles. The van der Waals surface area contributed by atoms with Crippen molar-refractivity contribution >= 4 is 21.5 Å². The van der Waals surface area contributed by atoms with Crippen molar-refractivity contribution in [3.05, 3.63) is 45.7 Å². The number of nitrogen functional groups attached to an aromatic ring is 1. The highest BCUT2D eigenvalue weighted by atomic mass is 32.2. The first kappa shape index (κ1) is 14.1. The van der Waals surface area contributed by atoms with Gasteiger partial charge in [0.25, 0.3) is 15.6 Å². The summed E-state index contributed by atoms with van der Waals surface area (Å²) in [5, 5.41) is 5.75. The van der Waals surface area contributed by atoms with Crippen LogP contribution >= 0.6 is 0 Å². The van der Waals surface area contributed by atoms with E-state index in [1.807, 2.05) is 0 Å². The molecule has 1 heterocycles. The van der Waals surface area contributed by atoms with Crippen LogP contribution in [0.1, 0.15) is 11.1 Å². The maximum absolute atomic E-state index is 12.4.